The largest absolute Gasteiger partial charge is 0.368 e. The van der Waals surface area contributed by atoms with Gasteiger partial charge >= 0.3 is 0 Å². The first-order valence-corrected chi connectivity index (χ1v) is 7.40. The molecule has 1 saturated heterocycles. The van der Waals surface area contributed by atoms with E-state index in [0.29, 0.717) is 0 Å². The van der Waals surface area contributed by atoms with E-state index in [0.717, 1.165) is 45.0 Å². The zero-order valence-corrected chi connectivity index (χ0v) is 13.1. The molecule has 0 amide bonds. The van der Waals surface area contributed by atoms with Crippen molar-refractivity contribution in [1.29, 1.82) is 0 Å². The molecule has 1 aromatic carbocycles. The van der Waals surface area contributed by atoms with E-state index >= 15 is 0 Å². The summed E-state index contributed by atoms with van der Waals surface area (Å²) in [6, 6.07) is 4.87. The van der Waals surface area contributed by atoms with E-state index < -0.39 is 5.82 Å². The van der Waals surface area contributed by atoms with Crippen LogP contribution < -0.4 is 4.90 Å². The summed E-state index contributed by atoms with van der Waals surface area (Å²) in [5.74, 6) is -0.631. The summed E-state index contributed by atoms with van der Waals surface area (Å²) in [4.78, 5) is 18.4. The van der Waals surface area contributed by atoms with E-state index in [4.69, 9.17) is 0 Å². The number of anilines is 1. The van der Waals surface area contributed by atoms with Crippen molar-refractivity contribution >= 4 is 11.5 Å². The first-order chi connectivity index (χ1) is 9.99. The highest BCUT2D eigenvalue weighted by molar-refractivity contribution is 6.00. The van der Waals surface area contributed by atoms with Crippen molar-refractivity contribution in [3.05, 3.63) is 29.6 Å². The van der Waals surface area contributed by atoms with Crippen LogP contribution in [0.25, 0.3) is 0 Å². The van der Waals surface area contributed by atoms with Gasteiger partial charge in [0.15, 0.2) is 5.78 Å². The summed E-state index contributed by atoms with van der Waals surface area (Å²) in [7, 11) is 4.14. The molecule has 0 saturated carbocycles. The molecule has 4 nitrogen and oxygen atoms in total. The Morgan fingerprint density at radius 3 is 2.48 bits per heavy atom. The maximum Gasteiger partial charge on any atom is 0.164 e. The lowest BCUT2D eigenvalue weighted by atomic mass is 10.1. The Labute approximate surface area is 126 Å². The van der Waals surface area contributed by atoms with Crippen LogP contribution in [0.2, 0.25) is 0 Å². The highest BCUT2D eigenvalue weighted by Gasteiger charge is 2.22. The minimum absolute atomic E-state index is 0.210. The third-order valence-electron chi connectivity index (χ3n) is 3.92. The molecule has 21 heavy (non-hydrogen) atoms. The van der Waals surface area contributed by atoms with Gasteiger partial charge in [-0.25, -0.2) is 4.39 Å². The number of Topliss-reactive ketones (excluding diaryl/α,β-unsaturated/α-hetero) is 1. The molecule has 116 valence electrons. The average molecular weight is 293 g/mol. The smallest absolute Gasteiger partial charge is 0.164 e. The minimum atomic E-state index is -0.421. The van der Waals surface area contributed by atoms with Crippen LogP contribution in [0.15, 0.2) is 18.2 Å². The number of benzene rings is 1. The SMILES string of the molecule is CC(=O)c1c(F)cccc1N1CCN(CCN(C)C)CC1. The summed E-state index contributed by atoms with van der Waals surface area (Å²) in [6.07, 6.45) is 0. The van der Waals surface area contributed by atoms with Crippen LogP contribution in [-0.2, 0) is 0 Å². The van der Waals surface area contributed by atoms with Gasteiger partial charge in [0.25, 0.3) is 0 Å². The maximum atomic E-state index is 13.9. The van der Waals surface area contributed by atoms with Crippen molar-refractivity contribution in [2.45, 2.75) is 6.92 Å². The quantitative estimate of drug-likeness (QED) is 0.772. The van der Waals surface area contributed by atoms with Gasteiger partial charge in [-0.15, -0.1) is 0 Å². The molecule has 0 N–H and O–H groups in total. The molecule has 2 rings (SSSR count). The number of rotatable bonds is 5. The molecular weight excluding hydrogens is 269 g/mol. The first kappa shape index (κ1) is 15.9. The van der Waals surface area contributed by atoms with E-state index in [1.807, 2.05) is 6.07 Å². The van der Waals surface area contributed by atoms with Crippen LogP contribution in [0.1, 0.15) is 17.3 Å². The molecule has 0 aliphatic carbocycles. The zero-order valence-electron chi connectivity index (χ0n) is 13.1. The number of piperazine rings is 1. The fourth-order valence-electron chi connectivity index (χ4n) is 2.68. The Bertz CT molecular complexity index is 496. The Hall–Kier alpha value is -1.46. The summed E-state index contributed by atoms with van der Waals surface area (Å²) in [5, 5.41) is 0. The molecule has 1 aliphatic heterocycles. The molecule has 0 spiro atoms. The number of halogens is 1. The van der Waals surface area contributed by atoms with Crippen LogP contribution >= 0.6 is 0 Å². The summed E-state index contributed by atoms with van der Waals surface area (Å²) in [5.41, 5.74) is 0.953. The van der Waals surface area contributed by atoms with Gasteiger partial charge in [-0.2, -0.15) is 0 Å². The second kappa shape index (κ2) is 7.00. The molecule has 1 fully saturated rings. The van der Waals surface area contributed by atoms with Gasteiger partial charge in [-0.05, 0) is 33.2 Å². The fraction of sp³-hybridized carbons (Fsp3) is 0.562. The van der Waals surface area contributed by atoms with E-state index in [1.54, 1.807) is 6.07 Å². The Balaban J connectivity index is 2.03. The van der Waals surface area contributed by atoms with Crippen LogP contribution in [0, 0.1) is 5.82 Å². The summed E-state index contributed by atoms with van der Waals surface area (Å²) in [6.45, 7) is 7.06. The first-order valence-electron chi connectivity index (χ1n) is 7.40. The third-order valence-corrected chi connectivity index (χ3v) is 3.92. The lowest BCUT2D eigenvalue weighted by Crippen LogP contribution is -2.48. The average Bonchev–Trinajstić information content (AvgIpc) is 2.45. The predicted octanol–water partition coefficient (Wildman–Crippen LogP) is 1.71. The Kier molecular flexibility index (Phi) is 5.31. The number of hydrogen-bond donors (Lipinski definition) is 0. The molecule has 0 aromatic heterocycles. The molecule has 1 aromatic rings. The standard InChI is InChI=1S/C16H24FN3O/c1-13(21)16-14(17)5-4-6-15(16)20-11-9-19(10-12-20)8-7-18(2)3/h4-6H,7-12H2,1-3H3. The number of carbonyl (C=O) groups is 1. The number of carbonyl (C=O) groups excluding carboxylic acids is 1. The minimum Gasteiger partial charge on any atom is -0.368 e. The predicted molar refractivity (Wildman–Crippen MR) is 83.6 cm³/mol. The van der Waals surface area contributed by atoms with Crippen LogP contribution in [0.5, 0.6) is 0 Å². The van der Waals surface area contributed by atoms with Gasteiger partial charge in [0, 0.05) is 39.3 Å². The third kappa shape index (κ3) is 4.02. The maximum absolute atomic E-state index is 13.9. The van der Waals surface area contributed by atoms with Gasteiger partial charge < -0.3 is 9.80 Å². The Morgan fingerprint density at radius 2 is 1.90 bits per heavy atom. The van der Waals surface area contributed by atoms with Crippen molar-refractivity contribution in [3.63, 3.8) is 0 Å². The molecule has 1 aliphatic rings. The van der Waals surface area contributed by atoms with Crippen molar-refractivity contribution in [2.24, 2.45) is 0 Å². The molecule has 0 unspecified atom stereocenters. The van der Waals surface area contributed by atoms with Gasteiger partial charge in [0.05, 0.1) is 11.3 Å². The molecule has 1 heterocycles. The Morgan fingerprint density at radius 1 is 1.24 bits per heavy atom. The van der Waals surface area contributed by atoms with E-state index in [2.05, 4.69) is 28.8 Å². The second-order valence-corrected chi connectivity index (χ2v) is 5.82. The fourth-order valence-corrected chi connectivity index (χ4v) is 2.68. The molecular formula is C16H24FN3O. The van der Waals surface area contributed by atoms with Crippen molar-refractivity contribution < 1.29 is 9.18 Å². The molecule has 5 heteroatoms. The highest BCUT2D eigenvalue weighted by Crippen LogP contribution is 2.24. The monoisotopic (exact) mass is 293 g/mol. The number of ketones is 1. The zero-order chi connectivity index (χ0) is 15.4. The van der Waals surface area contributed by atoms with Crippen LogP contribution in [0.4, 0.5) is 10.1 Å². The van der Waals surface area contributed by atoms with Gasteiger partial charge in [-0.1, -0.05) is 6.07 Å². The molecule has 0 bridgehead atoms. The van der Waals surface area contributed by atoms with Gasteiger partial charge in [0.1, 0.15) is 5.82 Å². The van der Waals surface area contributed by atoms with Crippen LogP contribution in [-0.4, -0.2) is 68.9 Å². The van der Waals surface area contributed by atoms with Gasteiger partial charge in [-0.3, -0.25) is 9.69 Å². The topological polar surface area (TPSA) is 26.8 Å². The van der Waals surface area contributed by atoms with E-state index in [-0.39, 0.29) is 11.3 Å². The summed E-state index contributed by atoms with van der Waals surface area (Å²) >= 11 is 0. The van der Waals surface area contributed by atoms with Crippen molar-refractivity contribution in [2.75, 3.05) is 58.3 Å². The van der Waals surface area contributed by atoms with Crippen molar-refractivity contribution in [3.8, 4) is 0 Å². The molecule has 0 atom stereocenters. The lowest BCUT2D eigenvalue weighted by Gasteiger charge is -2.37. The number of nitrogens with zero attached hydrogens (tertiary/aromatic N) is 3. The number of hydrogen-bond acceptors (Lipinski definition) is 4. The normalized spacial score (nSPS) is 16.5. The van der Waals surface area contributed by atoms with Crippen molar-refractivity contribution in [1.82, 2.24) is 9.80 Å². The van der Waals surface area contributed by atoms with Gasteiger partial charge in [0.2, 0.25) is 0 Å². The second-order valence-electron chi connectivity index (χ2n) is 5.82. The molecule has 0 radical (unpaired) electrons. The van der Waals surface area contributed by atoms with Crippen LogP contribution in [0.3, 0.4) is 0 Å². The summed E-state index contributed by atoms with van der Waals surface area (Å²) < 4.78 is 13.9. The lowest BCUT2D eigenvalue weighted by molar-refractivity contribution is 0.101. The number of likely N-dealkylation sites (N-methyl/N-ethyl adjacent to an activating group) is 1. The van der Waals surface area contributed by atoms with E-state index in [9.17, 15) is 9.18 Å². The van der Waals surface area contributed by atoms with E-state index in [1.165, 1.54) is 13.0 Å². The highest BCUT2D eigenvalue weighted by atomic mass is 19.1.